The van der Waals surface area contributed by atoms with Gasteiger partial charge in [-0.25, -0.2) is 8.42 Å². The van der Waals surface area contributed by atoms with Gasteiger partial charge in [-0.05, 0) is 61.7 Å². The van der Waals surface area contributed by atoms with Crippen LogP contribution in [0.25, 0.3) is 10.2 Å². The van der Waals surface area contributed by atoms with E-state index < -0.39 is 21.7 Å². The lowest BCUT2D eigenvalue weighted by molar-refractivity contribution is -0.143. The number of aromatic nitrogens is 1. The van der Waals surface area contributed by atoms with Gasteiger partial charge in [0.15, 0.2) is 14.6 Å². The molecule has 0 spiro atoms. The first-order valence-electron chi connectivity index (χ1n) is 10.6. The van der Waals surface area contributed by atoms with E-state index in [1.54, 1.807) is 11.5 Å². The molecule has 10 heteroatoms. The Morgan fingerprint density at radius 1 is 1.12 bits per heavy atom. The fraction of sp³-hybridized carbons (Fsp3) is 0.348. The molecular formula is C23H25ClN2O5S2. The van der Waals surface area contributed by atoms with Gasteiger partial charge >= 0.3 is 5.97 Å². The van der Waals surface area contributed by atoms with Crippen LogP contribution in [0.2, 0.25) is 5.02 Å². The third-order valence-corrected chi connectivity index (χ3v) is 8.05. The highest BCUT2D eigenvalue weighted by atomic mass is 35.5. The lowest BCUT2D eigenvalue weighted by Gasteiger charge is -2.06. The average Bonchev–Trinajstić information content (AvgIpc) is 3.09. The molecule has 0 aliphatic rings. The fourth-order valence-corrected chi connectivity index (χ4v) is 5.79. The van der Waals surface area contributed by atoms with Gasteiger partial charge < -0.3 is 9.30 Å². The molecule has 3 aromatic rings. The number of thiazole rings is 1. The molecule has 0 saturated heterocycles. The van der Waals surface area contributed by atoms with Gasteiger partial charge in [-0.2, -0.15) is 4.99 Å². The number of hydrogen-bond acceptors (Lipinski definition) is 6. The van der Waals surface area contributed by atoms with Gasteiger partial charge in [0, 0.05) is 11.4 Å². The second-order valence-corrected chi connectivity index (χ2v) is 10.9. The van der Waals surface area contributed by atoms with Crippen LogP contribution in [-0.2, 0) is 37.1 Å². The highest BCUT2D eigenvalue weighted by Crippen LogP contribution is 2.20. The monoisotopic (exact) mass is 508 g/mol. The standard InChI is InChI=1S/C23H25ClN2O5S2/c1-3-16-7-12-19-20(14-16)32-23(26(19)15-22(28)31-4-2)25-21(27)6-5-13-33(29,30)18-10-8-17(24)9-11-18/h7-12,14H,3-6,13,15H2,1-2H3. The lowest BCUT2D eigenvalue weighted by atomic mass is 10.2. The van der Waals surface area contributed by atoms with Crippen LogP contribution in [0.4, 0.5) is 0 Å². The SMILES string of the molecule is CCOC(=O)Cn1c(=NC(=O)CCCS(=O)(=O)c2ccc(Cl)cc2)sc2cc(CC)ccc21. The normalized spacial score (nSPS) is 12.3. The second-order valence-electron chi connectivity index (χ2n) is 7.31. The van der Waals surface area contributed by atoms with Gasteiger partial charge in [-0.3, -0.25) is 9.59 Å². The molecule has 0 bridgehead atoms. The predicted octanol–water partition coefficient (Wildman–Crippen LogP) is 4.16. The van der Waals surface area contributed by atoms with Crippen LogP contribution in [0.3, 0.4) is 0 Å². The molecule has 0 fully saturated rings. The number of fused-ring (bicyclic) bond motifs is 1. The van der Waals surface area contributed by atoms with E-state index in [1.165, 1.54) is 35.6 Å². The van der Waals surface area contributed by atoms with Crippen molar-refractivity contribution < 1.29 is 22.7 Å². The first kappa shape index (κ1) is 25.1. The van der Waals surface area contributed by atoms with E-state index in [0.717, 1.165) is 22.2 Å². The summed E-state index contributed by atoms with van der Waals surface area (Å²) in [5.74, 6) is -1.04. The Morgan fingerprint density at radius 2 is 1.85 bits per heavy atom. The zero-order valence-corrected chi connectivity index (χ0v) is 20.8. The Labute approximate surface area is 201 Å². The summed E-state index contributed by atoms with van der Waals surface area (Å²) < 4.78 is 32.6. The topological polar surface area (TPSA) is 94.8 Å². The van der Waals surface area contributed by atoms with Crippen LogP contribution in [0.5, 0.6) is 0 Å². The molecule has 1 aromatic heterocycles. The van der Waals surface area contributed by atoms with Crippen LogP contribution >= 0.6 is 22.9 Å². The smallest absolute Gasteiger partial charge is 0.326 e. The van der Waals surface area contributed by atoms with Gasteiger partial charge in [-0.15, -0.1) is 0 Å². The Kier molecular flexibility index (Phi) is 8.45. The highest BCUT2D eigenvalue weighted by molar-refractivity contribution is 7.91. The molecule has 1 heterocycles. The molecule has 0 N–H and O–H groups in total. The largest absolute Gasteiger partial charge is 0.465 e. The number of ether oxygens (including phenoxy) is 1. The van der Waals surface area contributed by atoms with Crippen LogP contribution < -0.4 is 4.80 Å². The Morgan fingerprint density at radius 3 is 2.52 bits per heavy atom. The molecule has 176 valence electrons. The van der Waals surface area contributed by atoms with Gasteiger partial charge in [0.25, 0.3) is 0 Å². The van der Waals surface area contributed by atoms with Crippen LogP contribution in [0.1, 0.15) is 32.3 Å². The summed E-state index contributed by atoms with van der Waals surface area (Å²) in [5, 5.41) is 0.452. The summed E-state index contributed by atoms with van der Waals surface area (Å²) in [6.07, 6.45) is 0.968. The maximum Gasteiger partial charge on any atom is 0.326 e. The van der Waals surface area contributed by atoms with E-state index in [4.69, 9.17) is 16.3 Å². The van der Waals surface area contributed by atoms with Crippen molar-refractivity contribution in [3.63, 3.8) is 0 Å². The summed E-state index contributed by atoms with van der Waals surface area (Å²) in [4.78, 5) is 29.4. The van der Waals surface area contributed by atoms with E-state index in [-0.39, 0.29) is 36.6 Å². The second kappa shape index (κ2) is 11.1. The zero-order chi connectivity index (χ0) is 24.0. The van der Waals surface area contributed by atoms with E-state index in [1.807, 2.05) is 25.1 Å². The van der Waals surface area contributed by atoms with Crippen LogP contribution in [0.15, 0.2) is 52.4 Å². The van der Waals surface area contributed by atoms with E-state index in [9.17, 15) is 18.0 Å². The number of carbonyl (C=O) groups is 2. The summed E-state index contributed by atoms with van der Waals surface area (Å²) in [7, 11) is -3.52. The lowest BCUT2D eigenvalue weighted by Crippen LogP contribution is -2.23. The van der Waals surface area contributed by atoms with Crippen molar-refractivity contribution in [1.82, 2.24) is 4.57 Å². The van der Waals surface area contributed by atoms with E-state index in [2.05, 4.69) is 4.99 Å². The summed E-state index contributed by atoms with van der Waals surface area (Å²) in [5.41, 5.74) is 1.93. The molecule has 33 heavy (non-hydrogen) atoms. The number of esters is 1. The van der Waals surface area contributed by atoms with Crippen LogP contribution in [0, 0.1) is 0 Å². The molecule has 0 saturated carbocycles. The van der Waals surface area contributed by atoms with Gasteiger partial charge in [-0.1, -0.05) is 35.9 Å². The van der Waals surface area contributed by atoms with Crippen molar-refractivity contribution in [2.24, 2.45) is 4.99 Å². The van der Waals surface area contributed by atoms with Crippen molar-refractivity contribution in [1.29, 1.82) is 0 Å². The number of benzene rings is 2. The summed E-state index contributed by atoms with van der Waals surface area (Å²) in [6.45, 7) is 3.98. The number of carbonyl (C=O) groups excluding carboxylic acids is 2. The Balaban J connectivity index is 1.79. The minimum absolute atomic E-state index is 0.0271. The Hall–Kier alpha value is -2.49. The maximum absolute atomic E-state index is 12.5. The number of rotatable bonds is 9. The summed E-state index contributed by atoms with van der Waals surface area (Å²) in [6, 6.07) is 11.8. The third kappa shape index (κ3) is 6.52. The minimum atomic E-state index is -3.52. The highest BCUT2D eigenvalue weighted by Gasteiger charge is 2.16. The van der Waals surface area contributed by atoms with Gasteiger partial charge in [0.05, 0.1) is 27.5 Å². The third-order valence-electron chi connectivity index (χ3n) is 4.94. The van der Waals surface area contributed by atoms with Gasteiger partial charge in [0.1, 0.15) is 6.54 Å². The fourth-order valence-electron chi connectivity index (χ4n) is 3.25. The van der Waals surface area contributed by atoms with Crippen molar-refractivity contribution in [3.05, 3.63) is 57.9 Å². The Bertz CT molecular complexity index is 1330. The van der Waals surface area contributed by atoms with Crippen LogP contribution in [-0.4, -0.2) is 37.2 Å². The molecule has 3 rings (SSSR count). The van der Waals surface area contributed by atoms with Crippen molar-refractivity contribution in [2.45, 2.75) is 44.6 Å². The number of hydrogen-bond donors (Lipinski definition) is 0. The van der Waals surface area contributed by atoms with Gasteiger partial charge in [0.2, 0.25) is 5.91 Å². The molecular weight excluding hydrogens is 484 g/mol. The molecule has 2 aromatic carbocycles. The van der Waals surface area contributed by atoms with E-state index in [0.29, 0.717) is 9.82 Å². The maximum atomic E-state index is 12.5. The predicted molar refractivity (Wildman–Crippen MR) is 129 cm³/mol. The zero-order valence-electron chi connectivity index (χ0n) is 18.4. The molecule has 0 unspecified atom stereocenters. The minimum Gasteiger partial charge on any atom is -0.465 e. The molecule has 0 atom stereocenters. The molecule has 1 amide bonds. The molecule has 0 aliphatic carbocycles. The number of nitrogens with zero attached hydrogens (tertiary/aromatic N) is 2. The quantitative estimate of drug-likeness (QED) is 0.404. The average molecular weight is 509 g/mol. The van der Waals surface area contributed by atoms with Crippen molar-refractivity contribution >= 4 is 54.9 Å². The molecule has 0 radical (unpaired) electrons. The van der Waals surface area contributed by atoms with Crippen molar-refractivity contribution in [2.75, 3.05) is 12.4 Å². The first-order valence-corrected chi connectivity index (χ1v) is 13.4. The molecule has 7 nitrogen and oxygen atoms in total. The molecule has 0 aliphatic heterocycles. The number of amides is 1. The van der Waals surface area contributed by atoms with E-state index >= 15 is 0 Å². The number of aryl methyl sites for hydroxylation is 1. The number of halogens is 1. The first-order chi connectivity index (χ1) is 15.7. The van der Waals surface area contributed by atoms with Crippen molar-refractivity contribution in [3.8, 4) is 0 Å². The summed E-state index contributed by atoms with van der Waals surface area (Å²) >= 11 is 7.13. The number of sulfone groups is 1.